The first-order chi connectivity index (χ1) is 12.7. The van der Waals surface area contributed by atoms with E-state index in [9.17, 15) is 9.59 Å². The zero-order valence-corrected chi connectivity index (χ0v) is 15.5. The first-order valence-corrected chi connectivity index (χ1v) is 9.81. The van der Waals surface area contributed by atoms with Gasteiger partial charge in [-0.2, -0.15) is 0 Å². The molecule has 6 nitrogen and oxygen atoms in total. The van der Waals surface area contributed by atoms with Crippen molar-refractivity contribution >= 4 is 39.2 Å². The van der Waals surface area contributed by atoms with Crippen LogP contribution in [0.3, 0.4) is 0 Å². The fourth-order valence-corrected chi connectivity index (χ4v) is 5.18. The zero-order valence-electron chi connectivity index (χ0n) is 13.9. The molecule has 132 valence electrons. The molecule has 3 aliphatic heterocycles. The van der Waals surface area contributed by atoms with Crippen molar-refractivity contribution < 1.29 is 23.8 Å². The Bertz CT molecular complexity index is 944. The zero-order chi connectivity index (χ0) is 18.3. The maximum atomic E-state index is 12.3. The number of carbonyl (C=O) groups is 2. The maximum absolute atomic E-state index is 12.3. The summed E-state index contributed by atoms with van der Waals surface area (Å²) in [5.74, 6) is -0.599. The van der Waals surface area contributed by atoms with E-state index in [0.717, 1.165) is 38.4 Å². The number of benzene rings is 1. The van der Waals surface area contributed by atoms with Gasteiger partial charge in [0.05, 0.1) is 31.2 Å². The summed E-state index contributed by atoms with van der Waals surface area (Å²) in [6.45, 7) is 0.280. The van der Waals surface area contributed by atoms with Gasteiger partial charge in [-0.15, -0.1) is 0 Å². The van der Waals surface area contributed by atoms with Crippen LogP contribution < -0.4 is 0 Å². The van der Waals surface area contributed by atoms with Gasteiger partial charge in [0.15, 0.2) is 5.76 Å². The molecule has 3 heterocycles. The molecule has 0 radical (unpaired) electrons. The first kappa shape index (κ1) is 17.0. The van der Waals surface area contributed by atoms with E-state index in [-0.39, 0.29) is 6.61 Å². The van der Waals surface area contributed by atoms with Crippen molar-refractivity contribution in [1.82, 2.24) is 0 Å². The fourth-order valence-electron chi connectivity index (χ4n) is 2.88. The van der Waals surface area contributed by atoms with E-state index in [2.05, 4.69) is 0 Å². The van der Waals surface area contributed by atoms with Crippen molar-refractivity contribution in [2.24, 2.45) is 4.99 Å². The Morgan fingerprint density at radius 3 is 2.38 bits per heavy atom. The lowest BCUT2D eigenvalue weighted by atomic mass is 10.0. The molecular weight excluding hydrogens is 374 g/mol. The minimum Gasteiger partial charge on any atom is -0.487 e. The maximum Gasteiger partial charge on any atom is 0.349 e. The number of hydrogen-bond donors (Lipinski definition) is 0. The van der Waals surface area contributed by atoms with E-state index in [1.54, 1.807) is 0 Å². The standard InChI is InChI=1S/C18H13NO5S2/c1-22-17(20)15-13-11-10(12(19-13)9-6-4-3-5-7-9)8-24-14(11)16(26-25-15)18(21)23-2/h3-7H,8H2,1-2H3. The molecule has 0 saturated carbocycles. The van der Waals surface area contributed by atoms with Crippen LogP contribution in [0.1, 0.15) is 5.56 Å². The monoisotopic (exact) mass is 387 g/mol. The van der Waals surface area contributed by atoms with Crippen LogP contribution in [0.15, 0.2) is 67.7 Å². The second-order valence-corrected chi connectivity index (χ2v) is 7.60. The van der Waals surface area contributed by atoms with Gasteiger partial charge in [-0.25, -0.2) is 14.6 Å². The van der Waals surface area contributed by atoms with E-state index in [4.69, 9.17) is 19.2 Å². The van der Waals surface area contributed by atoms with Gasteiger partial charge in [0.1, 0.15) is 16.4 Å². The fraction of sp³-hybridized carbons (Fsp3) is 0.167. The highest BCUT2D eigenvalue weighted by Gasteiger charge is 2.42. The minimum atomic E-state index is -0.509. The van der Waals surface area contributed by atoms with Crippen LogP contribution in [-0.4, -0.2) is 38.5 Å². The van der Waals surface area contributed by atoms with Crippen LogP contribution in [0.25, 0.3) is 0 Å². The van der Waals surface area contributed by atoms with Crippen LogP contribution in [0.2, 0.25) is 0 Å². The molecule has 0 amide bonds. The molecular formula is C18H13NO5S2. The lowest BCUT2D eigenvalue weighted by Gasteiger charge is -2.08. The highest BCUT2D eigenvalue weighted by Crippen LogP contribution is 2.52. The molecule has 8 heteroatoms. The van der Waals surface area contributed by atoms with Crippen LogP contribution in [-0.2, 0) is 23.8 Å². The molecule has 0 aliphatic carbocycles. The van der Waals surface area contributed by atoms with Crippen molar-refractivity contribution in [1.29, 1.82) is 0 Å². The molecule has 0 N–H and O–H groups in total. The van der Waals surface area contributed by atoms with Gasteiger partial charge in [0.25, 0.3) is 0 Å². The van der Waals surface area contributed by atoms with Gasteiger partial charge in [-0.3, -0.25) is 0 Å². The van der Waals surface area contributed by atoms with Crippen LogP contribution in [0.5, 0.6) is 0 Å². The van der Waals surface area contributed by atoms with Crippen LogP contribution in [0, 0.1) is 0 Å². The molecule has 1 aromatic rings. The number of ether oxygens (including phenoxy) is 3. The van der Waals surface area contributed by atoms with Gasteiger partial charge in [0, 0.05) is 11.1 Å². The molecule has 3 aliphatic rings. The topological polar surface area (TPSA) is 74.2 Å². The second kappa shape index (κ2) is 6.69. The van der Waals surface area contributed by atoms with E-state index >= 15 is 0 Å². The minimum absolute atomic E-state index is 0.280. The highest BCUT2D eigenvalue weighted by molar-refractivity contribution is 8.80. The smallest absolute Gasteiger partial charge is 0.349 e. The number of aliphatic imine (C=N–C) groups is 1. The van der Waals surface area contributed by atoms with Crippen molar-refractivity contribution in [2.75, 3.05) is 20.8 Å². The third-order valence-corrected chi connectivity index (χ3v) is 6.43. The average molecular weight is 387 g/mol. The van der Waals surface area contributed by atoms with Crippen LogP contribution >= 0.6 is 21.6 Å². The molecule has 4 rings (SSSR count). The molecule has 1 aromatic carbocycles. The van der Waals surface area contributed by atoms with Gasteiger partial charge in [0.2, 0.25) is 0 Å². The van der Waals surface area contributed by atoms with E-state index in [1.165, 1.54) is 14.2 Å². The average Bonchev–Trinajstić information content (AvgIpc) is 3.21. The Labute approximate surface area is 157 Å². The molecule has 0 aromatic heterocycles. The van der Waals surface area contributed by atoms with Gasteiger partial charge in [-0.1, -0.05) is 30.3 Å². The number of rotatable bonds is 3. The summed E-state index contributed by atoms with van der Waals surface area (Å²) in [6, 6.07) is 9.65. The molecule has 0 fully saturated rings. The summed E-state index contributed by atoms with van der Waals surface area (Å²) in [6.07, 6.45) is 0. The molecule has 0 bridgehead atoms. The Hall–Kier alpha value is -2.45. The summed E-state index contributed by atoms with van der Waals surface area (Å²) in [5, 5.41) is 0. The predicted octanol–water partition coefficient (Wildman–Crippen LogP) is 2.98. The molecule has 0 saturated heterocycles. The predicted molar refractivity (Wildman–Crippen MR) is 99.2 cm³/mol. The largest absolute Gasteiger partial charge is 0.487 e. The van der Waals surface area contributed by atoms with Crippen LogP contribution in [0.4, 0.5) is 0 Å². The number of carbonyl (C=O) groups excluding carboxylic acids is 2. The SMILES string of the molecule is COC(=O)C1=C2N=C(c3ccccc3)C3=C2C(=C(C(=O)OC)SS1)OC3. The number of methoxy groups -OCH3 is 2. The third-order valence-electron chi connectivity index (χ3n) is 4.05. The summed E-state index contributed by atoms with van der Waals surface area (Å²) in [4.78, 5) is 29.9. The van der Waals surface area contributed by atoms with E-state index in [1.807, 2.05) is 30.3 Å². The van der Waals surface area contributed by atoms with Crippen molar-refractivity contribution in [2.45, 2.75) is 0 Å². The second-order valence-electron chi connectivity index (χ2n) is 5.45. The summed E-state index contributed by atoms with van der Waals surface area (Å²) >= 11 is 0. The molecule has 0 unspecified atom stereocenters. The Morgan fingerprint density at radius 2 is 1.69 bits per heavy atom. The van der Waals surface area contributed by atoms with Crippen molar-refractivity contribution in [3.8, 4) is 0 Å². The Morgan fingerprint density at radius 1 is 1.04 bits per heavy atom. The van der Waals surface area contributed by atoms with E-state index in [0.29, 0.717) is 26.8 Å². The third kappa shape index (κ3) is 2.57. The number of nitrogens with zero attached hydrogens (tertiary/aromatic N) is 1. The van der Waals surface area contributed by atoms with E-state index < -0.39 is 11.9 Å². The van der Waals surface area contributed by atoms with Gasteiger partial charge in [-0.05, 0) is 21.6 Å². The lowest BCUT2D eigenvalue weighted by Crippen LogP contribution is -2.06. The number of hydrogen-bond acceptors (Lipinski definition) is 8. The lowest BCUT2D eigenvalue weighted by molar-refractivity contribution is -0.136. The Balaban J connectivity index is 1.94. The molecule has 0 atom stereocenters. The highest BCUT2D eigenvalue weighted by atomic mass is 33.1. The normalized spacial score (nSPS) is 18.3. The first-order valence-electron chi connectivity index (χ1n) is 7.66. The molecule has 0 spiro atoms. The molecule has 26 heavy (non-hydrogen) atoms. The number of esters is 2. The summed E-state index contributed by atoms with van der Waals surface area (Å²) < 4.78 is 15.6. The summed E-state index contributed by atoms with van der Waals surface area (Å²) in [7, 11) is 4.87. The Kier molecular flexibility index (Phi) is 4.37. The van der Waals surface area contributed by atoms with Gasteiger partial charge >= 0.3 is 11.9 Å². The quantitative estimate of drug-likeness (QED) is 0.583. The summed E-state index contributed by atoms with van der Waals surface area (Å²) in [5.41, 5.74) is 3.66. The van der Waals surface area contributed by atoms with Crippen molar-refractivity contribution in [3.05, 3.63) is 68.3 Å². The van der Waals surface area contributed by atoms with Crippen molar-refractivity contribution in [3.63, 3.8) is 0 Å². The van der Waals surface area contributed by atoms with Gasteiger partial charge < -0.3 is 14.2 Å².